The number of halogens is 3. The van der Waals surface area contributed by atoms with Crippen LogP contribution in [0.25, 0.3) is 16.7 Å². The molecule has 0 aliphatic carbocycles. The monoisotopic (exact) mass is 404 g/mol. The molecular formula is C13H7ClFIN2S. The van der Waals surface area contributed by atoms with Gasteiger partial charge in [-0.15, -0.1) is 0 Å². The third-order valence-corrected chi connectivity index (χ3v) is 4.07. The van der Waals surface area contributed by atoms with Crippen molar-refractivity contribution < 1.29 is 4.39 Å². The van der Waals surface area contributed by atoms with Gasteiger partial charge in [-0.3, -0.25) is 4.57 Å². The van der Waals surface area contributed by atoms with E-state index in [4.69, 9.17) is 23.8 Å². The molecule has 1 aromatic heterocycles. The number of fused-ring (bicyclic) bond motifs is 1. The van der Waals surface area contributed by atoms with Crippen LogP contribution in [0.15, 0.2) is 36.4 Å². The maximum absolute atomic E-state index is 13.6. The third-order valence-electron chi connectivity index (χ3n) is 2.81. The Morgan fingerprint density at radius 3 is 2.74 bits per heavy atom. The van der Waals surface area contributed by atoms with Crippen molar-refractivity contribution in [3.63, 3.8) is 0 Å². The van der Waals surface area contributed by atoms with Crippen LogP contribution in [-0.2, 0) is 0 Å². The minimum Gasteiger partial charge on any atom is -0.330 e. The minimum atomic E-state index is -0.457. The van der Waals surface area contributed by atoms with Crippen molar-refractivity contribution in [1.29, 1.82) is 0 Å². The van der Waals surface area contributed by atoms with E-state index in [9.17, 15) is 4.39 Å². The molecule has 3 rings (SSSR count). The maximum Gasteiger partial charge on any atom is 0.182 e. The summed E-state index contributed by atoms with van der Waals surface area (Å²) in [6.07, 6.45) is 0. The van der Waals surface area contributed by atoms with E-state index in [-0.39, 0.29) is 5.02 Å². The molecule has 2 aromatic carbocycles. The smallest absolute Gasteiger partial charge is 0.182 e. The van der Waals surface area contributed by atoms with Gasteiger partial charge in [-0.1, -0.05) is 11.6 Å². The van der Waals surface area contributed by atoms with Gasteiger partial charge in [-0.05, 0) is 71.2 Å². The van der Waals surface area contributed by atoms with Crippen LogP contribution in [0.3, 0.4) is 0 Å². The number of imidazole rings is 1. The van der Waals surface area contributed by atoms with E-state index in [2.05, 4.69) is 27.6 Å². The molecule has 3 aromatic rings. The lowest BCUT2D eigenvalue weighted by atomic mass is 10.2. The zero-order valence-electron chi connectivity index (χ0n) is 9.45. The predicted molar refractivity (Wildman–Crippen MR) is 86.1 cm³/mol. The second-order valence-corrected chi connectivity index (χ2v) is 6.06. The zero-order chi connectivity index (χ0) is 13.6. The lowest BCUT2D eigenvalue weighted by Crippen LogP contribution is -1.95. The molecule has 0 saturated heterocycles. The highest BCUT2D eigenvalue weighted by Gasteiger charge is 2.09. The summed E-state index contributed by atoms with van der Waals surface area (Å²) in [5.41, 5.74) is 2.48. The molecule has 0 unspecified atom stereocenters. The highest BCUT2D eigenvalue weighted by atomic mass is 127. The molecule has 0 spiro atoms. The molecule has 0 atom stereocenters. The van der Waals surface area contributed by atoms with Crippen LogP contribution < -0.4 is 0 Å². The quantitative estimate of drug-likeness (QED) is 0.443. The Morgan fingerprint density at radius 1 is 1.21 bits per heavy atom. The van der Waals surface area contributed by atoms with E-state index in [0.717, 1.165) is 14.6 Å². The van der Waals surface area contributed by atoms with Crippen molar-refractivity contribution in [3.05, 3.63) is 55.6 Å². The lowest BCUT2D eigenvalue weighted by Gasteiger charge is -2.05. The van der Waals surface area contributed by atoms with E-state index >= 15 is 0 Å². The molecule has 0 aliphatic rings. The van der Waals surface area contributed by atoms with Gasteiger partial charge in [0.05, 0.1) is 21.7 Å². The summed E-state index contributed by atoms with van der Waals surface area (Å²) in [6, 6.07) is 10.6. The van der Waals surface area contributed by atoms with Gasteiger partial charge in [-0.25, -0.2) is 4.39 Å². The summed E-state index contributed by atoms with van der Waals surface area (Å²) in [5, 5.41) is 0.102. The first-order chi connectivity index (χ1) is 9.06. The van der Waals surface area contributed by atoms with E-state index in [0.29, 0.717) is 10.5 Å². The Bertz CT molecular complexity index is 840. The van der Waals surface area contributed by atoms with Gasteiger partial charge in [0.25, 0.3) is 0 Å². The average Bonchev–Trinajstić information content (AvgIpc) is 2.68. The fourth-order valence-electron chi connectivity index (χ4n) is 1.96. The summed E-state index contributed by atoms with van der Waals surface area (Å²) in [4.78, 5) is 3.12. The van der Waals surface area contributed by atoms with Gasteiger partial charge in [0.15, 0.2) is 4.77 Å². The first-order valence-electron chi connectivity index (χ1n) is 5.42. The van der Waals surface area contributed by atoms with Gasteiger partial charge >= 0.3 is 0 Å². The van der Waals surface area contributed by atoms with E-state index in [1.54, 1.807) is 10.6 Å². The number of aromatic nitrogens is 2. The van der Waals surface area contributed by atoms with Crippen molar-refractivity contribution in [2.24, 2.45) is 0 Å². The SMILES string of the molecule is Fc1cc(-n2c(=S)[nH]c3cc(I)ccc32)ccc1Cl. The summed E-state index contributed by atoms with van der Waals surface area (Å²) < 4.78 is 17.0. The molecule has 96 valence electrons. The standard InChI is InChI=1S/C13H7ClFIN2S/c14-9-3-2-8(6-10(9)15)18-12-4-1-7(16)5-11(12)17-13(18)19/h1-6H,(H,17,19). The third kappa shape index (κ3) is 2.30. The first-order valence-corrected chi connectivity index (χ1v) is 7.28. The van der Waals surface area contributed by atoms with Crippen molar-refractivity contribution in [2.75, 3.05) is 0 Å². The Morgan fingerprint density at radius 2 is 2.00 bits per heavy atom. The molecule has 0 bridgehead atoms. The average molecular weight is 405 g/mol. The number of aromatic amines is 1. The van der Waals surface area contributed by atoms with E-state index < -0.39 is 5.82 Å². The molecule has 19 heavy (non-hydrogen) atoms. The van der Waals surface area contributed by atoms with Crippen molar-refractivity contribution in [3.8, 4) is 5.69 Å². The molecule has 0 radical (unpaired) electrons. The molecule has 0 saturated carbocycles. The molecule has 1 heterocycles. The van der Waals surface area contributed by atoms with Crippen LogP contribution in [0.1, 0.15) is 0 Å². The summed E-state index contributed by atoms with van der Waals surface area (Å²) in [7, 11) is 0. The fourth-order valence-corrected chi connectivity index (χ4v) is 2.89. The van der Waals surface area contributed by atoms with Crippen LogP contribution in [-0.4, -0.2) is 9.55 Å². The zero-order valence-corrected chi connectivity index (χ0v) is 13.2. The van der Waals surface area contributed by atoms with Crippen molar-refractivity contribution in [2.45, 2.75) is 0 Å². The lowest BCUT2D eigenvalue weighted by molar-refractivity contribution is 0.627. The van der Waals surface area contributed by atoms with Crippen LogP contribution in [0, 0.1) is 14.2 Å². The second-order valence-electron chi connectivity index (χ2n) is 4.03. The van der Waals surface area contributed by atoms with Crippen LogP contribution in [0.5, 0.6) is 0 Å². The molecule has 6 heteroatoms. The summed E-state index contributed by atoms with van der Waals surface area (Å²) in [6.45, 7) is 0. The Kier molecular flexibility index (Phi) is 3.36. The Labute approximate surface area is 132 Å². The number of hydrogen-bond acceptors (Lipinski definition) is 1. The molecule has 2 nitrogen and oxygen atoms in total. The van der Waals surface area contributed by atoms with Crippen molar-refractivity contribution >= 4 is 57.4 Å². The van der Waals surface area contributed by atoms with Crippen LogP contribution in [0.2, 0.25) is 5.02 Å². The van der Waals surface area contributed by atoms with Gasteiger partial charge in [0.1, 0.15) is 5.82 Å². The summed E-state index contributed by atoms with van der Waals surface area (Å²) in [5.74, 6) is -0.457. The highest BCUT2D eigenvalue weighted by molar-refractivity contribution is 14.1. The largest absolute Gasteiger partial charge is 0.330 e. The molecule has 0 amide bonds. The van der Waals surface area contributed by atoms with Gasteiger partial charge in [0.2, 0.25) is 0 Å². The number of benzene rings is 2. The van der Waals surface area contributed by atoms with Crippen LogP contribution in [0.4, 0.5) is 4.39 Å². The maximum atomic E-state index is 13.6. The Hall–Kier alpha value is -0.920. The number of rotatable bonds is 1. The second kappa shape index (κ2) is 4.88. The summed E-state index contributed by atoms with van der Waals surface area (Å²) >= 11 is 13.2. The normalized spacial score (nSPS) is 11.1. The van der Waals surface area contributed by atoms with Gasteiger partial charge < -0.3 is 4.98 Å². The topological polar surface area (TPSA) is 20.7 Å². The minimum absolute atomic E-state index is 0.102. The van der Waals surface area contributed by atoms with Crippen molar-refractivity contribution in [1.82, 2.24) is 9.55 Å². The molecular weight excluding hydrogens is 398 g/mol. The van der Waals surface area contributed by atoms with Crippen LogP contribution >= 0.6 is 46.4 Å². The molecule has 0 fully saturated rings. The Balaban J connectivity index is 2.32. The molecule has 1 N–H and O–H groups in total. The van der Waals surface area contributed by atoms with E-state index in [1.165, 1.54) is 12.1 Å². The fraction of sp³-hybridized carbons (Fsp3) is 0. The number of H-pyrrole nitrogens is 1. The molecule has 0 aliphatic heterocycles. The van der Waals surface area contributed by atoms with E-state index in [1.807, 2.05) is 18.2 Å². The van der Waals surface area contributed by atoms with Gasteiger partial charge in [-0.2, -0.15) is 0 Å². The highest BCUT2D eigenvalue weighted by Crippen LogP contribution is 2.24. The first kappa shape index (κ1) is 13.1. The number of nitrogens with zero attached hydrogens (tertiary/aromatic N) is 1. The predicted octanol–water partition coefficient (Wildman–Crippen LogP) is 5.09. The number of nitrogens with one attached hydrogen (secondary N) is 1. The number of hydrogen-bond donors (Lipinski definition) is 1. The van der Waals surface area contributed by atoms with Gasteiger partial charge in [0, 0.05) is 3.57 Å².